The zero-order valence-corrected chi connectivity index (χ0v) is 11.3. The van der Waals surface area contributed by atoms with Crippen molar-refractivity contribution in [1.82, 2.24) is 10.6 Å². The molecule has 4 nitrogen and oxygen atoms in total. The normalized spacial score (nSPS) is 24.2. The van der Waals surface area contributed by atoms with E-state index in [0.29, 0.717) is 12.0 Å². The lowest BCUT2D eigenvalue weighted by atomic mass is 9.97. The molecule has 0 aromatic heterocycles. The number of carbonyl (C=O) groups excluding carboxylic acids is 1. The number of ether oxygens (including phenoxy) is 1. The first-order valence-electron chi connectivity index (χ1n) is 6.71. The molecule has 0 spiro atoms. The number of carbonyl (C=O) groups is 1. The SMILES string of the molecule is CC(C)OCCCCNC(=O)C1CNCC1C. The van der Waals surface area contributed by atoms with Crippen LogP contribution in [0.5, 0.6) is 0 Å². The monoisotopic (exact) mass is 242 g/mol. The smallest absolute Gasteiger partial charge is 0.224 e. The molecule has 1 rings (SSSR count). The minimum atomic E-state index is 0.155. The maximum Gasteiger partial charge on any atom is 0.224 e. The molecule has 0 aromatic rings. The first kappa shape index (κ1) is 14.5. The lowest BCUT2D eigenvalue weighted by Gasteiger charge is -2.14. The third-order valence-electron chi connectivity index (χ3n) is 3.18. The van der Waals surface area contributed by atoms with Gasteiger partial charge >= 0.3 is 0 Å². The highest BCUT2D eigenvalue weighted by atomic mass is 16.5. The van der Waals surface area contributed by atoms with Gasteiger partial charge in [-0.2, -0.15) is 0 Å². The van der Waals surface area contributed by atoms with Crippen molar-refractivity contribution in [2.45, 2.75) is 39.7 Å². The average molecular weight is 242 g/mol. The van der Waals surface area contributed by atoms with Gasteiger partial charge in [0, 0.05) is 19.7 Å². The van der Waals surface area contributed by atoms with Crippen LogP contribution in [0.15, 0.2) is 0 Å². The van der Waals surface area contributed by atoms with E-state index in [1.165, 1.54) is 0 Å². The van der Waals surface area contributed by atoms with Gasteiger partial charge in [-0.05, 0) is 39.2 Å². The van der Waals surface area contributed by atoms with Crippen LogP contribution in [-0.2, 0) is 9.53 Å². The summed E-state index contributed by atoms with van der Waals surface area (Å²) in [5, 5.41) is 6.25. The van der Waals surface area contributed by atoms with E-state index in [-0.39, 0.29) is 11.8 Å². The number of nitrogens with one attached hydrogen (secondary N) is 2. The van der Waals surface area contributed by atoms with Crippen LogP contribution in [0, 0.1) is 11.8 Å². The van der Waals surface area contributed by atoms with Crippen molar-refractivity contribution in [2.24, 2.45) is 11.8 Å². The summed E-state index contributed by atoms with van der Waals surface area (Å²) in [6, 6.07) is 0. The number of hydrogen-bond acceptors (Lipinski definition) is 3. The standard InChI is InChI=1S/C13H26N2O2/c1-10(2)17-7-5-4-6-15-13(16)12-9-14-8-11(12)3/h10-12,14H,4-9H2,1-3H3,(H,15,16). The molecule has 1 heterocycles. The van der Waals surface area contributed by atoms with Crippen molar-refractivity contribution in [2.75, 3.05) is 26.2 Å². The molecular weight excluding hydrogens is 216 g/mol. The van der Waals surface area contributed by atoms with Gasteiger partial charge in [-0.1, -0.05) is 6.92 Å². The maximum absolute atomic E-state index is 11.8. The van der Waals surface area contributed by atoms with Crippen LogP contribution in [0.1, 0.15) is 33.6 Å². The van der Waals surface area contributed by atoms with Crippen molar-refractivity contribution in [3.05, 3.63) is 0 Å². The van der Waals surface area contributed by atoms with E-state index in [9.17, 15) is 4.79 Å². The summed E-state index contributed by atoms with van der Waals surface area (Å²) < 4.78 is 5.44. The summed E-state index contributed by atoms with van der Waals surface area (Å²) in [4.78, 5) is 11.8. The van der Waals surface area contributed by atoms with Crippen molar-refractivity contribution >= 4 is 5.91 Å². The van der Waals surface area contributed by atoms with Crippen LogP contribution < -0.4 is 10.6 Å². The molecule has 1 fully saturated rings. The van der Waals surface area contributed by atoms with Crippen LogP contribution >= 0.6 is 0 Å². The summed E-state index contributed by atoms with van der Waals surface area (Å²) in [6.07, 6.45) is 2.30. The molecule has 0 saturated carbocycles. The van der Waals surface area contributed by atoms with Crippen LogP contribution in [-0.4, -0.2) is 38.3 Å². The molecule has 1 aliphatic rings. The molecule has 0 aliphatic carbocycles. The minimum absolute atomic E-state index is 0.155. The summed E-state index contributed by atoms with van der Waals surface area (Å²) in [6.45, 7) is 9.54. The number of unbranched alkanes of at least 4 members (excludes halogenated alkanes) is 1. The summed E-state index contributed by atoms with van der Waals surface area (Å²) in [7, 11) is 0. The third kappa shape index (κ3) is 5.50. The lowest BCUT2D eigenvalue weighted by Crippen LogP contribution is -2.34. The van der Waals surface area contributed by atoms with Gasteiger partial charge in [0.05, 0.1) is 12.0 Å². The zero-order chi connectivity index (χ0) is 12.7. The average Bonchev–Trinajstić information content (AvgIpc) is 2.69. The van der Waals surface area contributed by atoms with Crippen LogP contribution in [0.25, 0.3) is 0 Å². The third-order valence-corrected chi connectivity index (χ3v) is 3.18. The topological polar surface area (TPSA) is 50.4 Å². The fourth-order valence-electron chi connectivity index (χ4n) is 2.05. The van der Waals surface area contributed by atoms with Crippen LogP contribution in [0.4, 0.5) is 0 Å². The summed E-state index contributed by atoms with van der Waals surface area (Å²) >= 11 is 0. The summed E-state index contributed by atoms with van der Waals surface area (Å²) in [5.74, 6) is 0.813. The van der Waals surface area contributed by atoms with E-state index in [1.807, 2.05) is 13.8 Å². The van der Waals surface area contributed by atoms with E-state index in [2.05, 4.69) is 17.6 Å². The van der Waals surface area contributed by atoms with Gasteiger partial charge in [0.15, 0.2) is 0 Å². The lowest BCUT2D eigenvalue weighted by molar-refractivity contribution is -0.125. The van der Waals surface area contributed by atoms with Gasteiger partial charge < -0.3 is 15.4 Å². The molecule has 4 heteroatoms. The molecule has 0 bridgehead atoms. The molecule has 1 amide bonds. The van der Waals surface area contributed by atoms with Crippen LogP contribution in [0.3, 0.4) is 0 Å². The molecule has 0 aromatic carbocycles. The van der Waals surface area contributed by atoms with Crippen molar-refractivity contribution in [3.63, 3.8) is 0 Å². The highest BCUT2D eigenvalue weighted by molar-refractivity contribution is 5.79. The first-order chi connectivity index (χ1) is 8.11. The Balaban J connectivity index is 2.00. The Bertz CT molecular complexity index is 231. The molecule has 1 saturated heterocycles. The van der Waals surface area contributed by atoms with E-state index >= 15 is 0 Å². The molecule has 2 N–H and O–H groups in total. The minimum Gasteiger partial charge on any atom is -0.379 e. The molecular formula is C13H26N2O2. The van der Waals surface area contributed by atoms with Crippen molar-refractivity contribution < 1.29 is 9.53 Å². The highest BCUT2D eigenvalue weighted by Crippen LogP contribution is 2.15. The second-order valence-corrected chi connectivity index (χ2v) is 5.16. The second kappa shape index (κ2) is 7.67. The fraction of sp³-hybridized carbons (Fsp3) is 0.923. The quantitative estimate of drug-likeness (QED) is 0.659. The second-order valence-electron chi connectivity index (χ2n) is 5.16. The maximum atomic E-state index is 11.8. The first-order valence-corrected chi connectivity index (χ1v) is 6.71. The fourth-order valence-corrected chi connectivity index (χ4v) is 2.05. The van der Waals surface area contributed by atoms with Crippen molar-refractivity contribution in [1.29, 1.82) is 0 Å². The van der Waals surface area contributed by atoms with E-state index in [1.54, 1.807) is 0 Å². The number of amides is 1. The predicted octanol–water partition coefficient (Wildman–Crippen LogP) is 1.16. The van der Waals surface area contributed by atoms with Gasteiger partial charge in [0.25, 0.3) is 0 Å². The van der Waals surface area contributed by atoms with Gasteiger partial charge in [0.1, 0.15) is 0 Å². The summed E-state index contributed by atoms with van der Waals surface area (Å²) in [5.41, 5.74) is 0. The molecule has 17 heavy (non-hydrogen) atoms. The van der Waals surface area contributed by atoms with E-state index in [4.69, 9.17) is 4.74 Å². The Labute approximate surface area is 104 Å². The molecule has 100 valence electrons. The Hall–Kier alpha value is -0.610. The molecule has 2 unspecified atom stereocenters. The van der Waals surface area contributed by atoms with E-state index < -0.39 is 0 Å². The predicted molar refractivity (Wildman–Crippen MR) is 68.9 cm³/mol. The molecule has 1 aliphatic heterocycles. The van der Waals surface area contributed by atoms with Crippen LogP contribution in [0.2, 0.25) is 0 Å². The Morgan fingerprint density at radius 2 is 2.18 bits per heavy atom. The van der Waals surface area contributed by atoms with Gasteiger partial charge in [-0.25, -0.2) is 0 Å². The Kier molecular flexibility index (Phi) is 6.52. The number of rotatable bonds is 7. The highest BCUT2D eigenvalue weighted by Gasteiger charge is 2.28. The van der Waals surface area contributed by atoms with Crippen molar-refractivity contribution in [3.8, 4) is 0 Å². The molecule has 2 atom stereocenters. The largest absolute Gasteiger partial charge is 0.379 e. The zero-order valence-electron chi connectivity index (χ0n) is 11.3. The Morgan fingerprint density at radius 1 is 1.41 bits per heavy atom. The Morgan fingerprint density at radius 3 is 2.76 bits per heavy atom. The van der Waals surface area contributed by atoms with Gasteiger partial charge in [0.2, 0.25) is 5.91 Å². The van der Waals surface area contributed by atoms with Gasteiger partial charge in [-0.15, -0.1) is 0 Å². The van der Waals surface area contributed by atoms with E-state index in [0.717, 1.165) is 39.1 Å². The number of hydrogen-bond donors (Lipinski definition) is 2. The molecule has 0 radical (unpaired) electrons. The van der Waals surface area contributed by atoms with Gasteiger partial charge in [-0.3, -0.25) is 4.79 Å².